The highest BCUT2D eigenvalue weighted by molar-refractivity contribution is 7.82. The summed E-state index contributed by atoms with van der Waals surface area (Å²) in [5.74, 6) is 0.214. The Morgan fingerprint density at radius 1 is 1.19 bits per heavy atom. The molecule has 12 heteroatoms. The maximum absolute atomic E-state index is 14.6. The van der Waals surface area contributed by atoms with Gasteiger partial charge in [0.1, 0.15) is 40.8 Å². The number of hydrogen-bond acceptors (Lipinski definition) is 6. The molecule has 10 nitrogen and oxygen atoms in total. The number of hydrogen-bond donors (Lipinski definition) is 2. The van der Waals surface area contributed by atoms with Crippen LogP contribution in [0.4, 0.5) is 10.1 Å². The van der Waals surface area contributed by atoms with Gasteiger partial charge in [-0.2, -0.15) is 0 Å². The van der Waals surface area contributed by atoms with Crippen molar-refractivity contribution in [3.05, 3.63) is 81.4 Å². The molecule has 0 aliphatic rings. The van der Waals surface area contributed by atoms with Crippen LogP contribution in [-0.2, 0) is 27.0 Å². The van der Waals surface area contributed by atoms with Crippen molar-refractivity contribution < 1.29 is 23.3 Å². The summed E-state index contributed by atoms with van der Waals surface area (Å²) in [5.41, 5.74) is 9.15. The van der Waals surface area contributed by atoms with Crippen LogP contribution in [0.25, 0.3) is 0 Å². The number of ether oxygens (including phenoxy) is 1. The lowest BCUT2D eigenvalue weighted by atomic mass is 10.0. The van der Waals surface area contributed by atoms with E-state index in [1.807, 2.05) is 32.0 Å². The lowest BCUT2D eigenvalue weighted by molar-refractivity contribution is -0.757. The molecule has 0 radical (unpaired) electrons. The van der Waals surface area contributed by atoms with E-state index in [0.717, 1.165) is 29.2 Å². The first-order valence-corrected chi connectivity index (χ1v) is 12.8. The average Bonchev–Trinajstić information content (AvgIpc) is 2.83. The summed E-state index contributed by atoms with van der Waals surface area (Å²) >= 11 is 0. The Bertz CT molecular complexity index is 1200. The van der Waals surface area contributed by atoms with E-state index in [-0.39, 0.29) is 35.5 Å². The van der Waals surface area contributed by atoms with Gasteiger partial charge >= 0.3 is 0 Å². The Morgan fingerprint density at radius 2 is 1.95 bits per heavy atom. The van der Waals surface area contributed by atoms with Crippen molar-refractivity contribution in [1.29, 1.82) is 0 Å². The van der Waals surface area contributed by atoms with Crippen molar-refractivity contribution in [2.24, 2.45) is 20.9 Å². The number of rotatable bonds is 14. The minimum Gasteiger partial charge on any atom is -0.491 e. The second kappa shape index (κ2) is 14.8. The van der Waals surface area contributed by atoms with Gasteiger partial charge in [0.2, 0.25) is 0 Å². The summed E-state index contributed by atoms with van der Waals surface area (Å²) in [4.78, 5) is 23.3. The largest absolute Gasteiger partial charge is 0.491 e. The Labute approximate surface area is 218 Å². The van der Waals surface area contributed by atoms with Crippen LogP contribution < -0.4 is 10.9 Å². The van der Waals surface area contributed by atoms with Crippen molar-refractivity contribution >= 4 is 28.3 Å². The van der Waals surface area contributed by atoms with Crippen molar-refractivity contribution in [3.63, 3.8) is 0 Å². The number of nitrogens with zero attached hydrogens (tertiary/aromatic N) is 3. The molecular weight excluding hydrogens is 501 g/mol. The molecule has 4 N–H and O–H groups in total. The highest BCUT2D eigenvalue weighted by Crippen LogP contribution is 2.22. The number of halogens is 1. The van der Waals surface area contributed by atoms with E-state index in [9.17, 15) is 18.7 Å². The van der Waals surface area contributed by atoms with Crippen molar-refractivity contribution in [2.75, 3.05) is 13.2 Å². The molecule has 2 aromatic rings. The first-order valence-electron chi connectivity index (χ1n) is 11.6. The summed E-state index contributed by atoms with van der Waals surface area (Å²) in [7, 11) is -1.81. The van der Waals surface area contributed by atoms with E-state index >= 15 is 0 Å². The minimum absolute atomic E-state index is 0.0115. The molecule has 200 valence electrons. The van der Waals surface area contributed by atoms with E-state index in [0.29, 0.717) is 31.4 Å². The molecule has 0 amide bonds. The smallest absolute Gasteiger partial charge is 0.294 e. The third-order valence-electron chi connectivity index (χ3n) is 5.25. The number of aliphatic imine (C=N–C) groups is 2. The molecule has 1 atom stereocenters. The molecule has 2 rings (SSSR count). The van der Waals surface area contributed by atoms with E-state index in [4.69, 9.17) is 15.6 Å². The summed E-state index contributed by atoms with van der Waals surface area (Å²) in [5, 5.41) is 14.7. The Morgan fingerprint density at radius 3 is 2.62 bits per heavy atom. The van der Waals surface area contributed by atoms with Gasteiger partial charge in [0, 0.05) is 12.8 Å². The van der Waals surface area contributed by atoms with Crippen LogP contribution in [0.3, 0.4) is 0 Å². The van der Waals surface area contributed by atoms with Crippen LogP contribution in [0.5, 0.6) is 0 Å². The van der Waals surface area contributed by atoms with Crippen molar-refractivity contribution in [2.45, 2.75) is 50.8 Å². The number of allylic oxidation sites excluding steroid dienone is 1. The molecule has 0 saturated carbocycles. The van der Waals surface area contributed by atoms with Crippen LogP contribution in [0, 0.1) is 29.8 Å². The number of amidine groups is 2. The fourth-order valence-corrected chi connectivity index (χ4v) is 3.72. The predicted molar refractivity (Wildman–Crippen MR) is 142 cm³/mol. The van der Waals surface area contributed by atoms with Gasteiger partial charge in [0.05, 0.1) is 17.3 Å². The van der Waals surface area contributed by atoms with Gasteiger partial charge in [-0.1, -0.05) is 36.8 Å². The summed E-state index contributed by atoms with van der Waals surface area (Å²) in [6.07, 6.45) is 2.84. The molecule has 37 heavy (non-hydrogen) atoms. The Kier molecular flexibility index (Phi) is 11.8. The molecule has 0 aliphatic carbocycles. The highest BCUT2D eigenvalue weighted by atomic mass is 32.2. The van der Waals surface area contributed by atoms with Crippen LogP contribution in [0.15, 0.2) is 63.6 Å². The normalized spacial score (nSPS) is 12.8. The zero-order valence-electron chi connectivity index (χ0n) is 20.9. The molecule has 1 unspecified atom stereocenters. The lowest BCUT2D eigenvalue weighted by Gasteiger charge is -2.11. The topological polar surface area (TPSA) is 155 Å². The van der Waals surface area contributed by atoms with Crippen LogP contribution in [0.1, 0.15) is 42.4 Å². The number of nitrogens with two attached hydrogens (primary N) is 2. The SMILES string of the molecule is C=C(CCCCCO[N+](=O)[O-])OCC(N)=NC(Cc1cc(C)ccc1C)=Nc1ccc(S(N)=O)cc1F. The summed E-state index contributed by atoms with van der Waals surface area (Å²) < 4.78 is 31.7. The number of unbranched alkanes of at least 4 members (excludes halogenated alkanes) is 2. The summed E-state index contributed by atoms with van der Waals surface area (Å²) in [6, 6.07) is 9.89. The van der Waals surface area contributed by atoms with Crippen molar-refractivity contribution in [1.82, 2.24) is 0 Å². The van der Waals surface area contributed by atoms with Gasteiger partial charge in [0.25, 0.3) is 5.09 Å². The zero-order chi connectivity index (χ0) is 27.4. The minimum atomic E-state index is -1.81. The molecule has 0 fully saturated rings. The standard InChI is InChI=1S/C25H32FN5O5S/c1-17-8-9-18(2)20(13-17)14-25(29-23-11-10-21(37(28)34)15-22(23)26)30-24(27)16-35-19(3)7-5-4-6-12-36-31(32)33/h8-11,13,15H,3-7,12,14,16,28H2,1-2H3,(H2,27,29,30). The van der Waals surface area contributed by atoms with Gasteiger partial charge in [-0.05, 0) is 56.0 Å². The zero-order valence-corrected chi connectivity index (χ0v) is 21.8. The van der Waals surface area contributed by atoms with Crippen LogP contribution in [0.2, 0.25) is 0 Å². The highest BCUT2D eigenvalue weighted by Gasteiger charge is 2.11. The van der Waals surface area contributed by atoms with E-state index in [2.05, 4.69) is 21.4 Å². The average molecular weight is 534 g/mol. The molecule has 0 aromatic heterocycles. The van der Waals surface area contributed by atoms with Crippen LogP contribution in [-0.4, -0.2) is 34.2 Å². The Balaban J connectivity index is 2.11. The third-order valence-corrected chi connectivity index (χ3v) is 5.97. The predicted octanol–water partition coefficient (Wildman–Crippen LogP) is 4.35. The molecule has 0 saturated heterocycles. The maximum atomic E-state index is 14.6. The molecule has 0 bridgehead atoms. The Hall–Kier alpha value is -3.64. The quantitative estimate of drug-likeness (QED) is 0.0918. The number of aryl methyl sites for hydroxylation is 2. The first kappa shape index (κ1) is 29.6. The van der Waals surface area contributed by atoms with Gasteiger partial charge in [-0.25, -0.2) is 23.7 Å². The maximum Gasteiger partial charge on any atom is 0.294 e. The molecule has 2 aromatic carbocycles. The lowest BCUT2D eigenvalue weighted by Crippen LogP contribution is -2.21. The van der Waals surface area contributed by atoms with Gasteiger partial charge in [0.15, 0.2) is 0 Å². The fourth-order valence-electron chi connectivity index (χ4n) is 3.29. The third kappa shape index (κ3) is 10.9. The monoisotopic (exact) mass is 533 g/mol. The summed E-state index contributed by atoms with van der Waals surface area (Å²) in [6.45, 7) is 7.80. The molecule has 0 aliphatic heterocycles. The van der Waals surface area contributed by atoms with Crippen molar-refractivity contribution in [3.8, 4) is 0 Å². The first-order chi connectivity index (χ1) is 17.5. The molecular formula is C25H32FN5O5S. The second-order valence-corrected chi connectivity index (χ2v) is 9.41. The molecule has 0 spiro atoms. The second-order valence-electron chi connectivity index (χ2n) is 8.34. The van der Waals surface area contributed by atoms with Gasteiger partial charge in [-0.3, -0.25) is 0 Å². The van der Waals surface area contributed by atoms with E-state index in [1.165, 1.54) is 12.1 Å². The van der Waals surface area contributed by atoms with E-state index < -0.39 is 21.9 Å². The van der Waals surface area contributed by atoms with Crippen LogP contribution >= 0.6 is 0 Å². The van der Waals surface area contributed by atoms with E-state index in [1.54, 1.807) is 0 Å². The van der Waals surface area contributed by atoms with Gasteiger partial charge < -0.3 is 15.3 Å². The molecule has 0 heterocycles. The van der Waals surface area contributed by atoms with Gasteiger partial charge in [-0.15, -0.1) is 10.1 Å². The number of benzene rings is 2. The fraction of sp³-hybridized carbons (Fsp3) is 0.360.